The number of hydrogen-bond acceptors (Lipinski definition) is 3. The van der Waals surface area contributed by atoms with Gasteiger partial charge in [-0.05, 0) is 49.4 Å². The summed E-state index contributed by atoms with van der Waals surface area (Å²) < 4.78 is 5.23. The second-order valence-corrected chi connectivity index (χ2v) is 8.09. The summed E-state index contributed by atoms with van der Waals surface area (Å²) in [5, 5.41) is 6.02. The highest BCUT2D eigenvalue weighted by molar-refractivity contribution is 5.84. The number of piperidine rings is 1. The molecule has 1 fully saturated rings. The van der Waals surface area contributed by atoms with Crippen LogP contribution in [0.3, 0.4) is 0 Å². The summed E-state index contributed by atoms with van der Waals surface area (Å²) in [7, 11) is 1.63. The smallest absolute Gasteiger partial charge is 0.317 e. The first-order chi connectivity index (χ1) is 14.5. The minimum absolute atomic E-state index is 0.0212. The summed E-state index contributed by atoms with van der Waals surface area (Å²) >= 11 is 0. The van der Waals surface area contributed by atoms with Gasteiger partial charge < -0.3 is 20.3 Å². The lowest BCUT2D eigenvalue weighted by atomic mass is 9.81. The van der Waals surface area contributed by atoms with E-state index in [0.29, 0.717) is 26.2 Å². The quantitative estimate of drug-likeness (QED) is 0.737. The van der Waals surface area contributed by atoms with Crippen LogP contribution in [0, 0.1) is 5.41 Å². The van der Waals surface area contributed by atoms with Gasteiger partial charge in [-0.3, -0.25) is 4.79 Å². The van der Waals surface area contributed by atoms with Gasteiger partial charge in [-0.25, -0.2) is 4.79 Å². The van der Waals surface area contributed by atoms with Crippen molar-refractivity contribution in [1.82, 2.24) is 15.5 Å². The van der Waals surface area contributed by atoms with Gasteiger partial charge in [-0.2, -0.15) is 0 Å². The van der Waals surface area contributed by atoms with E-state index in [9.17, 15) is 9.59 Å². The predicted octanol–water partition coefficient (Wildman–Crippen LogP) is 3.37. The molecule has 1 atom stereocenters. The number of nitrogens with zero attached hydrogens (tertiary/aromatic N) is 1. The number of amides is 3. The summed E-state index contributed by atoms with van der Waals surface area (Å²) in [5.41, 5.74) is 1.59. The normalized spacial score (nSPS) is 18.5. The molecule has 0 unspecified atom stereocenters. The number of carbonyl (C=O) groups is 2. The van der Waals surface area contributed by atoms with Crippen LogP contribution in [-0.2, 0) is 17.8 Å². The van der Waals surface area contributed by atoms with Crippen molar-refractivity contribution in [2.75, 3.05) is 26.7 Å². The van der Waals surface area contributed by atoms with Crippen LogP contribution in [0.2, 0.25) is 0 Å². The van der Waals surface area contributed by atoms with Crippen molar-refractivity contribution in [3.05, 3.63) is 65.7 Å². The fraction of sp³-hybridized carbons (Fsp3) is 0.417. The molecule has 6 heteroatoms. The molecule has 2 N–H and O–H groups in total. The van der Waals surface area contributed by atoms with E-state index in [1.54, 1.807) is 12.0 Å². The van der Waals surface area contributed by atoms with Crippen LogP contribution in [0.15, 0.2) is 54.6 Å². The van der Waals surface area contributed by atoms with E-state index in [1.165, 1.54) is 5.56 Å². The average molecular weight is 410 g/mol. The predicted molar refractivity (Wildman–Crippen MR) is 117 cm³/mol. The van der Waals surface area contributed by atoms with Gasteiger partial charge in [0.25, 0.3) is 0 Å². The third-order valence-electron chi connectivity index (χ3n) is 5.65. The largest absolute Gasteiger partial charge is 0.497 e. The lowest BCUT2D eigenvalue weighted by Crippen LogP contribution is -2.54. The van der Waals surface area contributed by atoms with E-state index in [4.69, 9.17) is 4.74 Å². The molecule has 6 nitrogen and oxygen atoms in total. The molecule has 1 saturated heterocycles. The molecule has 0 saturated carbocycles. The van der Waals surface area contributed by atoms with Crippen LogP contribution in [0.1, 0.15) is 30.9 Å². The van der Waals surface area contributed by atoms with Crippen LogP contribution >= 0.6 is 0 Å². The highest BCUT2D eigenvalue weighted by atomic mass is 16.5. The standard InChI is InChI=1S/C24H31N3O3/c1-24(22(28)26-17-20-10-6-11-21(16-20)30-2)13-7-15-27(18-24)23(29)25-14-12-19-8-4-3-5-9-19/h3-6,8-11,16H,7,12-15,17-18H2,1-2H3,(H,25,29)(H,26,28)/t24-/m0/s1. The van der Waals surface area contributed by atoms with Crippen molar-refractivity contribution in [2.45, 2.75) is 32.7 Å². The maximum Gasteiger partial charge on any atom is 0.317 e. The molecule has 0 aromatic heterocycles. The molecule has 0 aliphatic carbocycles. The van der Waals surface area contributed by atoms with Crippen molar-refractivity contribution in [3.8, 4) is 5.75 Å². The van der Waals surface area contributed by atoms with Gasteiger partial charge in [-0.15, -0.1) is 0 Å². The zero-order valence-electron chi connectivity index (χ0n) is 17.8. The molecule has 1 heterocycles. The number of nitrogens with one attached hydrogen (secondary N) is 2. The number of rotatable bonds is 7. The van der Waals surface area contributed by atoms with Gasteiger partial charge in [0.15, 0.2) is 0 Å². The van der Waals surface area contributed by atoms with Crippen molar-refractivity contribution < 1.29 is 14.3 Å². The fourth-order valence-electron chi connectivity index (χ4n) is 3.85. The number of ether oxygens (including phenoxy) is 1. The molecule has 30 heavy (non-hydrogen) atoms. The van der Waals surface area contributed by atoms with Crippen molar-refractivity contribution >= 4 is 11.9 Å². The van der Waals surface area contributed by atoms with Crippen molar-refractivity contribution in [1.29, 1.82) is 0 Å². The number of likely N-dealkylation sites (tertiary alicyclic amines) is 1. The maximum absolute atomic E-state index is 12.9. The topological polar surface area (TPSA) is 70.7 Å². The third kappa shape index (κ3) is 5.75. The van der Waals surface area contributed by atoms with Gasteiger partial charge in [0.2, 0.25) is 5.91 Å². The Morgan fingerprint density at radius 1 is 1.07 bits per heavy atom. The van der Waals surface area contributed by atoms with Gasteiger partial charge in [0.05, 0.1) is 12.5 Å². The van der Waals surface area contributed by atoms with Crippen LogP contribution in [-0.4, -0.2) is 43.6 Å². The molecule has 0 bridgehead atoms. The van der Waals surface area contributed by atoms with Crippen LogP contribution in [0.5, 0.6) is 5.75 Å². The molecule has 2 aromatic carbocycles. The van der Waals surface area contributed by atoms with Crippen molar-refractivity contribution in [3.63, 3.8) is 0 Å². The Kier molecular flexibility index (Phi) is 7.33. The van der Waals surface area contributed by atoms with E-state index < -0.39 is 5.41 Å². The van der Waals surface area contributed by atoms with Gasteiger partial charge in [0, 0.05) is 26.2 Å². The van der Waals surface area contributed by atoms with E-state index in [2.05, 4.69) is 22.8 Å². The summed E-state index contributed by atoms with van der Waals surface area (Å²) in [6.07, 6.45) is 2.37. The Balaban J connectivity index is 1.50. The van der Waals surface area contributed by atoms with E-state index in [-0.39, 0.29) is 11.9 Å². The zero-order chi connectivity index (χ0) is 21.4. The Labute approximate surface area is 178 Å². The number of urea groups is 1. The molecule has 1 aliphatic rings. The van der Waals surface area contributed by atoms with Crippen LogP contribution in [0.25, 0.3) is 0 Å². The molecule has 160 valence electrons. The lowest BCUT2D eigenvalue weighted by Gasteiger charge is -2.39. The second-order valence-electron chi connectivity index (χ2n) is 8.09. The Morgan fingerprint density at radius 3 is 2.60 bits per heavy atom. The first-order valence-corrected chi connectivity index (χ1v) is 10.5. The third-order valence-corrected chi connectivity index (χ3v) is 5.65. The second kappa shape index (κ2) is 10.1. The molecular weight excluding hydrogens is 378 g/mol. The molecule has 0 spiro atoms. The molecule has 0 radical (unpaired) electrons. The van der Waals surface area contributed by atoms with Crippen LogP contribution in [0.4, 0.5) is 4.79 Å². The zero-order valence-corrected chi connectivity index (χ0v) is 17.8. The number of carbonyl (C=O) groups excluding carboxylic acids is 2. The lowest BCUT2D eigenvalue weighted by molar-refractivity contribution is -0.132. The van der Waals surface area contributed by atoms with Crippen molar-refractivity contribution in [2.24, 2.45) is 5.41 Å². The van der Waals surface area contributed by atoms with Gasteiger partial charge in [0.1, 0.15) is 5.75 Å². The molecule has 1 aliphatic heterocycles. The number of hydrogen-bond donors (Lipinski definition) is 2. The first-order valence-electron chi connectivity index (χ1n) is 10.5. The Bertz CT molecular complexity index is 856. The Morgan fingerprint density at radius 2 is 1.83 bits per heavy atom. The summed E-state index contributed by atoms with van der Waals surface area (Å²) in [6, 6.07) is 17.6. The van der Waals surface area contributed by atoms with E-state index in [1.807, 2.05) is 49.4 Å². The average Bonchev–Trinajstić information content (AvgIpc) is 2.78. The van der Waals surface area contributed by atoms with E-state index in [0.717, 1.165) is 30.6 Å². The highest BCUT2D eigenvalue weighted by Crippen LogP contribution is 2.30. The summed E-state index contributed by atoms with van der Waals surface area (Å²) in [5.74, 6) is 0.746. The van der Waals surface area contributed by atoms with Gasteiger partial charge in [-0.1, -0.05) is 42.5 Å². The fourth-order valence-corrected chi connectivity index (χ4v) is 3.85. The summed E-state index contributed by atoms with van der Waals surface area (Å²) in [4.78, 5) is 27.3. The monoisotopic (exact) mass is 409 g/mol. The molecule has 3 amide bonds. The molecular formula is C24H31N3O3. The first kappa shape index (κ1) is 21.7. The minimum Gasteiger partial charge on any atom is -0.497 e. The highest BCUT2D eigenvalue weighted by Gasteiger charge is 2.39. The maximum atomic E-state index is 12.9. The summed E-state index contributed by atoms with van der Waals surface area (Å²) in [6.45, 7) is 4.06. The molecule has 3 rings (SSSR count). The van der Waals surface area contributed by atoms with E-state index >= 15 is 0 Å². The molecule has 2 aromatic rings. The van der Waals surface area contributed by atoms with Crippen LogP contribution < -0.4 is 15.4 Å². The SMILES string of the molecule is COc1cccc(CNC(=O)[C@@]2(C)CCCN(C(=O)NCCc3ccccc3)C2)c1. The number of benzene rings is 2. The Hall–Kier alpha value is -3.02. The minimum atomic E-state index is -0.589. The van der Waals surface area contributed by atoms with Gasteiger partial charge >= 0.3 is 6.03 Å². The number of methoxy groups -OCH3 is 1.